The van der Waals surface area contributed by atoms with Gasteiger partial charge in [-0.15, -0.1) is 11.3 Å². The van der Waals surface area contributed by atoms with E-state index in [1.54, 1.807) is 50.4 Å². The van der Waals surface area contributed by atoms with Crippen molar-refractivity contribution in [3.8, 4) is 11.1 Å². The van der Waals surface area contributed by atoms with Crippen LogP contribution in [0.2, 0.25) is 0 Å². The number of thiophene rings is 1. The van der Waals surface area contributed by atoms with Gasteiger partial charge in [0.1, 0.15) is 16.6 Å². The minimum absolute atomic E-state index is 0.181. The molecule has 34 heavy (non-hydrogen) atoms. The summed E-state index contributed by atoms with van der Waals surface area (Å²) in [5.74, 6) is -2.47. The zero-order valence-corrected chi connectivity index (χ0v) is 19.8. The Bertz CT molecular complexity index is 1230. The van der Waals surface area contributed by atoms with Gasteiger partial charge >= 0.3 is 5.97 Å². The number of anilines is 1. The van der Waals surface area contributed by atoms with Crippen molar-refractivity contribution in [1.29, 1.82) is 0 Å². The highest BCUT2D eigenvalue weighted by Gasteiger charge is 2.44. The second-order valence-electron chi connectivity index (χ2n) is 8.14. The second-order valence-corrected chi connectivity index (χ2v) is 9.02. The zero-order valence-electron chi connectivity index (χ0n) is 19.0. The van der Waals surface area contributed by atoms with Gasteiger partial charge in [0, 0.05) is 10.9 Å². The first-order chi connectivity index (χ1) is 16.3. The highest BCUT2D eigenvalue weighted by atomic mass is 32.1. The Balaban J connectivity index is 1.69. The maximum Gasteiger partial charge on any atom is 0.341 e. The van der Waals surface area contributed by atoms with Crippen molar-refractivity contribution in [2.45, 2.75) is 26.8 Å². The first-order valence-corrected chi connectivity index (χ1v) is 11.8. The lowest BCUT2D eigenvalue weighted by molar-refractivity contribution is -0.121. The number of benzene rings is 2. The smallest absolute Gasteiger partial charge is 0.341 e. The minimum atomic E-state index is -1.05. The molecule has 0 bridgehead atoms. The van der Waals surface area contributed by atoms with Gasteiger partial charge in [0.15, 0.2) is 0 Å². The van der Waals surface area contributed by atoms with Gasteiger partial charge in [-0.1, -0.05) is 56.3 Å². The number of hydrogen-bond acceptors (Lipinski definition) is 6. The number of nitrogens with one attached hydrogen (secondary N) is 1. The summed E-state index contributed by atoms with van der Waals surface area (Å²) in [5, 5.41) is 4.89. The summed E-state index contributed by atoms with van der Waals surface area (Å²) in [7, 11) is 0. The van der Waals surface area contributed by atoms with Gasteiger partial charge in [0.2, 0.25) is 5.91 Å². The van der Waals surface area contributed by atoms with Crippen LogP contribution in [0.4, 0.5) is 5.00 Å². The van der Waals surface area contributed by atoms with Crippen molar-refractivity contribution in [3.05, 3.63) is 76.7 Å². The second kappa shape index (κ2) is 9.61. The van der Waals surface area contributed by atoms with Crippen LogP contribution in [-0.4, -0.2) is 41.2 Å². The minimum Gasteiger partial charge on any atom is -0.462 e. The molecule has 2 heterocycles. The van der Waals surface area contributed by atoms with Crippen molar-refractivity contribution in [2.24, 2.45) is 5.92 Å². The summed E-state index contributed by atoms with van der Waals surface area (Å²) in [6.07, 6.45) is 0. The Morgan fingerprint density at radius 1 is 0.941 bits per heavy atom. The summed E-state index contributed by atoms with van der Waals surface area (Å²) in [6, 6.07) is 14.8. The van der Waals surface area contributed by atoms with E-state index in [1.165, 1.54) is 11.3 Å². The summed E-state index contributed by atoms with van der Waals surface area (Å²) in [4.78, 5) is 53.3. The van der Waals surface area contributed by atoms with E-state index in [1.807, 2.05) is 30.3 Å². The lowest BCUT2D eigenvalue weighted by atomic mass is 10.0. The topological polar surface area (TPSA) is 92.8 Å². The standard InChI is InChI=1S/C26H24N2O5S/c1-4-33-26(32)20-19(16-10-6-5-7-11-16)14-34-23(20)27-22(29)21(15(2)3)28-24(30)17-12-8-9-13-18(17)25(28)31/h5-15,21H,4H2,1-3H3,(H,27,29)/t21-/m1/s1. The van der Waals surface area contributed by atoms with Gasteiger partial charge in [-0.25, -0.2) is 4.79 Å². The van der Waals surface area contributed by atoms with E-state index in [0.29, 0.717) is 10.6 Å². The largest absolute Gasteiger partial charge is 0.462 e. The maximum absolute atomic E-state index is 13.5. The number of ether oxygens (including phenoxy) is 1. The Morgan fingerprint density at radius 2 is 1.53 bits per heavy atom. The number of fused-ring (bicyclic) bond motifs is 1. The quantitative estimate of drug-likeness (QED) is 0.389. The van der Waals surface area contributed by atoms with E-state index in [-0.39, 0.29) is 29.2 Å². The SMILES string of the molecule is CCOC(=O)c1c(-c2ccccc2)csc1NC(=O)[C@@H](C(C)C)N1C(=O)c2ccccc2C1=O. The van der Waals surface area contributed by atoms with Crippen LogP contribution < -0.4 is 5.32 Å². The highest BCUT2D eigenvalue weighted by Crippen LogP contribution is 2.37. The van der Waals surface area contributed by atoms with E-state index in [4.69, 9.17) is 4.74 Å². The van der Waals surface area contributed by atoms with E-state index < -0.39 is 29.7 Å². The van der Waals surface area contributed by atoms with Crippen LogP contribution in [0.15, 0.2) is 60.0 Å². The third kappa shape index (κ3) is 4.12. The maximum atomic E-state index is 13.5. The molecule has 8 heteroatoms. The molecule has 4 rings (SSSR count). The summed E-state index contributed by atoms with van der Waals surface area (Å²) < 4.78 is 5.25. The third-order valence-corrected chi connectivity index (χ3v) is 6.49. The van der Waals surface area contributed by atoms with E-state index in [2.05, 4.69) is 5.32 Å². The van der Waals surface area contributed by atoms with Gasteiger partial charge < -0.3 is 10.1 Å². The monoisotopic (exact) mass is 476 g/mol. The van der Waals surface area contributed by atoms with E-state index in [9.17, 15) is 19.2 Å². The average molecular weight is 477 g/mol. The number of carbonyl (C=O) groups excluding carboxylic acids is 4. The Morgan fingerprint density at radius 3 is 2.09 bits per heavy atom. The molecule has 0 radical (unpaired) electrons. The van der Waals surface area contributed by atoms with Gasteiger partial charge in [-0.2, -0.15) is 0 Å². The predicted octanol–water partition coefficient (Wildman–Crippen LogP) is 4.85. The molecule has 0 fully saturated rings. The third-order valence-electron chi connectivity index (χ3n) is 5.60. The van der Waals surface area contributed by atoms with Gasteiger partial charge in [0.25, 0.3) is 11.8 Å². The first kappa shape index (κ1) is 23.4. The average Bonchev–Trinajstić information content (AvgIpc) is 3.35. The van der Waals surface area contributed by atoms with E-state index in [0.717, 1.165) is 10.5 Å². The summed E-state index contributed by atoms with van der Waals surface area (Å²) >= 11 is 1.19. The van der Waals surface area contributed by atoms with Crippen LogP contribution in [0.1, 0.15) is 51.8 Å². The number of esters is 1. The molecule has 1 atom stereocenters. The molecular formula is C26H24N2O5S. The fourth-order valence-electron chi connectivity index (χ4n) is 4.05. The fraction of sp³-hybridized carbons (Fsp3) is 0.231. The van der Waals surface area contributed by atoms with Gasteiger partial charge in [0.05, 0.1) is 17.7 Å². The Labute approximate surface area is 201 Å². The predicted molar refractivity (Wildman–Crippen MR) is 130 cm³/mol. The number of hydrogen-bond donors (Lipinski definition) is 1. The van der Waals surface area contributed by atoms with Crippen LogP contribution in [0.25, 0.3) is 11.1 Å². The molecule has 1 aromatic heterocycles. The molecule has 0 unspecified atom stereocenters. The molecule has 1 aliphatic rings. The van der Waals surface area contributed by atoms with Crippen LogP contribution in [0, 0.1) is 5.92 Å². The number of amides is 3. The van der Waals surface area contributed by atoms with Gasteiger partial charge in [-0.3, -0.25) is 19.3 Å². The van der Waals surface area contributed by atoms with Crippen molar-refractivity contribution < 1.29 is 23.9 Å². The number of imide groups is 1. The molecule has 2 aromatic carbocycles. The number of carbonyl (C=O) groups is 4. The number of nitrogens with zero attached hydrogens (tertiary/aromatic N) is 1. The Hall–Kier alpha value is -3.78. The summed E-state index contributed by atoms with van der Waals surface area (Å²) in [5.41, 5.74) is 2.25. The molecule has 0 saturated carbocycles. The van der Waals surface area contributed by atoms with E-state index >= 15 is 0 Å². The van der Waals surface area contributed by atoms with Crippen molar-refractivity contribution >= 4 is 40.0 Å². The Kier molecular flexibility index (Phi) is 6.61. The van der Waals surface area contributed by atoms with Crippen molar-refractivity contribution in [1.82, 2.24) is 4.90 Å². The van der Waals surface area contributed by atoms with Crippen molar-refractivity contribution in [3.63, 3.8) is 0 Å². The molecule has 0 aliphatic carbocycles. The lowest BCUT2D eigenvalue weighted by Crippen LogP contribution is -2.50. The molecule has 1 N–H and O–H groups in total. The van der Waals surface area contributed by atoms with Crippen LogP contribution in [0.5, 0.6) is 0 Å². The zero-order chi connectivity index (χ0) is 24.4. The first-order valence-electron chi connectivity index (χ1n) is 11.0. The van der Waals surface area contributed by atoms with Crippen LogP contribution >= 0.6 is 11.3 Å². The molecule has 0 saturated heterocycles. The summed E-state index contributed by atoms with van der Waals surface area (Å²) in [6.45, 7) is 5.43. The van der Waals surface area contributed by atoms with Crippen LogP contribution in [-0.2, 0) is 9.53 Å². The normalized spacial score (nSPS) is 13.7. The molecule has 174 valence electrons. The molecular weight excluding hydrogens is 452 g/mol. The highest BCUT2D eigenvalue weighted by molar-refractivity contribution is 7.15. The molecule has 3 aromatic rings. The molecule has 7 nitrogen and oxygen atoms in total. The fourth-order valence-corrected chi connectivity index (χ4v) is 5.01. The number of rotatable bonds is 7. The molecule has 3 amide bonds. The molecule has 1 aliphatic heterocycles. The van der Waals surface area contributed by atoms with Crippen LogP contribution in [0.3, 0.4) is 0 Å². The molecule has 0 spiro atoms. The van der Waals surface area contributed by atoms with Gasteiger partial charge in [-0.05, 0) is 30.5 Å². The van der Waals surface area contributed by atoms with Crippen molar-refractivity contribution in [2.75, 3.05) is 11.9 Å². The lowest BCUT2D eigenvalue weighted by Gasteiger charge is -2.28.